The van der Waals surface area contributed by atoms with Crippen LogP contribution in [0.1, 0.15) is 27.6 Å². The SMILES string of the molecule is Cc1sccc1[C@@H]1NC=Cc2c(Cl)cccc21. The lowest BCUT2D eigenvalue weighted by Crippen LogP contribution is -2.21. The zero-order valence-corrected chi connectivity index (χ0v) is 11.0. The molecular weight excluding hydrogens is 250 g/mol. The van der Waals surface area contributed by atoms with Gasteiger partial charge in [0.2, 0.25) is 0 Å². The summed E-state index contributed by atoms with van der Waals surface area (Å²) in [5, 5.41) is 6.36. The third-order valence-corrected chi connectivity index (χ3v) is 4.31. The van der Waals surface area contributed by atoms with Gasteiger partial charge in [0, 0.05) is 15.5 Å². The number of rotatable bonds is 1. The quantitative estimate of drug-likeness (QED) is 0.804. The van der Waals surface area contributed by atoms with Crippen molar-refractivity contribution in [3.05, 3.63) is 62.4 Å². The second kappa shape index (κ2) is 4.21. The normalized spacial score (nSPS) is 17.6. The summed E-state index contributed by atoms with van der Waals surface area (Å²) < 4.78 is 0. The fraction of sp³-hybridized carbons (Fsp3) is 0.143. The second-order valence-electron chi connectivity index (χ2n) is 4.11. The molecule has 2 heterocycles. The number of nitrogens with one attached hydrogen (secondary N) is 1. The first kappa shape index (κ1) is 10.9. The molecule has 2 aromatic rings. The lowest BCUT2D eigenvalue weighted by molar-refractivity contribution is 0.720. The Morgan fingerprint density at radius 1 is 1.24 bits per heavy atom. The molecule has 1 N–H and O–H groups in total. The molecule has 0 saturated heterocycles. The van der Waals surface area contributed by atoms with Crippen LogP contribution in [-0.4, -0.2) is 0 Å². The molecule has 0 aliphatic carbocycles. The smallest absolute Gasteiger partial charge is 0.0779 e. The first-order chi connectivity index (χ1) is 8.27. The average Bonchev–Trinajstić information content (AvgIpc) is 2.75. The Morgan fingerprint density at radius 2 is 2.12 bits per heavy atom. The number of hydrogen-bond donors (Lipinski definition) is 1. The van der Waals surface area contributed by atoms with Crippen molar-refractivity contribution in [2.75, 3.05) is 0 Å². The van der Waals surface area contributed by atoms with E-state index in [4.69, 9.17) is 11.6 Å². The molecule has 17 heavy (non-hydrogen) atoms. The van der Waals surface area contributed by atoms with Gasteiger partial charge < -0.3 is 5.32 Å². The van der Waals surface area contributed by atoms with Gasteiger partial charge in [-0.3, -0.25) is 0 Å². The standard InChI is InChI=1S/C14H12ClNS/c1-9-10(6-8-17-9)14-12-3-2-4-13(15)11(12)5-7-16-14/h2-8,14,16H,1H3/t14-/m0/s1. The lowest BCUT2D eigenvalue weighted by atomic mass is 9.93. The van der Waals surface area contributed by atoms with Crippen molar-refractivity contribution in [3.63, 3.8) is 0 Å². The van der Waals surface area contributed by atoms with E-state index in [1.54, 1.807) is 11.3 Å². The highest BCUT2D eigenvalue weighted by Gasteiger charge is 2.21. The molecule has 3 rings (SSSR count). The van der Waals surface area contributed by atoms with Gasteiger partial charge in [-0.15, -0.1) is 11.3 Å². The van der Waals surface area contributed by atoms with Gasteiger partial charge in [0.05, 0.1) is 6.04 Å². The predicted octanol–water partition coefficient (Wildman–Crippen LogP) is 4.37. The molecule has 86 valence electrons. The van der Waals surface area contributed by atoms with Gasteiger partial charge in [-0.25, -0.2) is 0 Å². The fourth-order valence-corrected chi connectivity index (χ4v) is 3.24. The third kappa shape index (κ3) is 1.78. The summed E-state index contributed by atoms with van der Waals surface area (Å²) in [5.41, 5.74) is 3.72. The lowest BCUT2D eigenvalue weighted by Gasteiger charge is -2.24. The molecule has 3 heteroatoms. The van der Waals surface area contributed by atoms with Crippen LogP contribution in [0.5, 0.6) is 0 Å². The van der Waals surface area contributed by atoms with Crippen molar-refractivity contribution in [1.29, 1.82) is 0 Å². The summed E-state index contributed by atoms with van der Waals surface area (Å²) in [5.74, 6) is 0. The summed E-state index contributed by atoms with van der Waals surface area (Å²) in [6, 6.07) is 8.49. The molecule has 0 radical (unpaired) electrons. The van der Waals surface area contributed by atoms with Gasteiger partial charge >= 0.3 is 0 Å². The molecule has 1 aromatic heterocycles. The van der Waals surface area contributed by atoms with Gasteiger partial charge in [-0.05, 0) is 47.8 Å². The number of fused-ring (bicyclic) bond motifs is 1. The highest BCUT2D eigenvalue weighted by molar-refractivity contribution is 7.10. The predicted molar refractivity (Wildman–Crippen MR) is 74.5 cm³/mol. The molecule has 1 aromatic carbocycles. The molecule has 0 spiro atoms. The molecule has 0 saturated carbocycles. The van der Waals surface area contributed by atoms with Crippen LogP contribution in [-0.2, 0) is 0 Å². The summed E-state index contributed by atoms with van der Waals surface area (Å²) in [6.45, 7) is 2.16. The van der Waals surface area contributed by atoms with Crippen LogP contribution in [0.15, 0.2) is 35.8 Å². The van der Waals surface area contributed by atoms with Crippen LogP contribution < -0.4 is 5.32 Å². The molecule has 0 amide bonds. The maximum absolute atomic E-state index is 6.23. The average molecular weight is 262 g/mol. The summed E-state index contributed by atoms with van der Waals surface area (Å²) in [7, 11) is 0. The van der Waals surface area contributed by atoms with Crippen molar-refractivity contribution in [2.45, 2.75) is 13.0 Å². The number of thiophene rings is 1. The van der Waals surface area contributed by atoms with Crippen molar-refractivity contribution >= 4 is 29.0 Å². The van der Waals surface area contributed by atoms with E-state index < -0.39 is 0 Å². The minimum atomic E-state index is 0.222. The maximum Gasteiger partial charge on any atom is 0.0779 e. The Labute approximate surface area is 110 Å². The van der Waals surface area contributed by atoms with E-state index in [9.17, 15) is 0 Å². The van der Waals surface area contributed by atoms with Crippen LogP contribution >= 0.6 is 22.9 Å². The molecule has 0 fully saturated rings. The largest absolute Gasteiger partial charge is 0.380 e. The van der Waals surface area contributed by atoms with E-state index in [0.29, 0.717) is 0 Å². The summed E-state index contributed by atoms with van der Waals surface area (Å²) in [6.07, 6.45) is 4.02. The Balaban J connectivity index is 2.15. The van der Waals surface area contributed by atoms with Crippen LogP contribution in [0.25, 0.3) is 6.08 Å². The molecule has 1 atom stereocenters. The Kier molecular flexibility index (Phi) is 2.69. The number of hydrogen-bond acceptors (Lipinski definition) is 2. The van der Waals surface area contributed by atoms with Crippen LogP contribution in [0.3, 0.4) is 0 Å². The first-order valence-electron chi connectivity index (χ1n) is 5.52. The Bertz CT molecular complexity index is 586. The highest BCUT2D eigenvalue weighted by Crippen LogP contribution is 2.35. The van der Waals surface area contributed by atoms with E-state index >= 15 is 0 Å². The van der Waals surface area contributed by atoms with Crippen molar-refractivity contribution in [1.82, 2.24) is 5.32 Å². The van der Waals surface area contributed by atoms with Crippen molar-refractivity contribution < 1.29 is 0 Å². The van der Waals surface area contributed by atoms with Crippen molar-refractivity contribution in [3.8, 4) is 0 Å². The van der Waals surface area contributed by atoms with Crippen LogP contribution in [0, 0.1) is 6.92 Å². The zero-order valence-electron chi connectivity index (χ0n) is 9.41. The van der Waals surface area contributed by atoms with Gasteiger partial charge in [0.15, 0.2) is 0 Å². The third-order valence-electron chi connectivity index (χ3n) is 3.12. The molecule has 1 aliphatic heterocycles. The Morgan fingerprint density at radius 3 is 2.88 bits per heavy atom. The summed E-state index contributed by atoms with van der Waals surface area (Å²) >= 11 is 8.01. The molecule has 1 aliphatic rings. The van der Waals surface area contributed by atoms with E-state index in [1.807, 2.05) is 24.4 Å². The number of aryl methyl sites for hydroxylation is 1. The van der Waals surface area contributed by atoms with Crippen LogP contribution in [0.4, 0.5) is 0 Å². The zero-order chi connectivity index (χ0) is 11.8. The Hall–Kier alpha value is -1.25. The van der Waals surface area contributed by atoms with E-state index in [1.165, 1.54) is 16.0 Å². The van der Waals surface area contributed by atoms with Gasteiger partial charge in [0.1, 0.15) is 0 Å². The first-order valence-corrected chi connectivity index (χ1v) is 6.78. The maximum atomic E-state index is 6.23. The van der Waals surface area contributed by atoms with Crippen LogP contribution in [0.2, 0.25) is 5.02 Å². The van der Waals surface area contributed by atoms with E-state index in [2.05, 4.69) is 29.8 Å². The van der Waals surface area contributed by atoms with Gasteiger partial charge in [-0.1, -0.05) is 23.7 Å². The molecular formula is C14H12ClNS. The number of benzene rings is 1. The van der Waals surface area contributed by atoms with E-state index in [0.717, 1.165) is 10.6 Å². The fourth-order valence-electron chi connectivity index (χ4n) is 2.25. The highest BCUT2D eigenvalue weighted by atomic mass is 35.5. The minimum absolute atomic E-state index is 0.222. The van der Waals surface area contributed by atoms with Gasteiger partial charge in [0.25, 0.3) is 0 Å². The topological polar surface area (TPSA) is 12.0 Å². The van der Waals surface area contributed by atoms with Crippen molar-refractivity contribution in [2.24, 2.45) is 0 Å². The minimum Gasteiger partial charge on any atom is -0.380 e. The molecule has 0 unspecified atom stereocenters. The second-order valence-corrected chi connectivity index (χ2v) is 5.64. The monoisotopic (exact) mass is 261 g/mol. The molecule has 0 bridgehead atoms. The molecule has 1 nitrogen and oxygen atoms in total. The summed E-state index contributed by atoms with van der Waals surface area (Å²) in [4.78, 5) is 1.35. The van der Waals surface area contributed by atoms with E-state index in [-0.39, 0.29) is 6.04 Å². The number of halogens is 1. The van der Waals surface area contributed by atoms with Gasteiger partial charge in [-0.2, -0.15) is 0 Å².